The molecule has 0 bridgehead atoms. The topological polar surface area (TPSA) is 63.3 Å². The van der Waals surface area contributed by atoms with E-state index in [1.807, 2.05) is 37.3 Å². The van der Waals surface area contributed by atoms with Crippen LogP contribution in [0.25, 0.3) is 11.1 Å². The summed E-state index contributed by atoms with van der Waals surface area (Å²) in [6.07, 6.45) is 0. The number of hydrogen-bond acceptors (Lipinski definition) is 3. The molecule has 0 spiro atoms. The maximum absolute atomic E-state index is 11.2. The minimum atomic E-state index is -1.01. The number of carboxylic acids is 1. The smallest absolute Gasteiger partial charge is 0.339 e. The molecule has 4 nitrogen and oxygen atoms in total. The number of aromatic carboxylic acids is 1. The van der Waals surface area contributed by atoms with E-state index >= 15 is 0 Å². The zero-order valence-electron chi connectivity index (χ0n) is 10.9. The maximum atomic E-state index is 11.2. The van der Waals surface area contributed by atoms with Crippen molar-refractivity contribution in [2.75, 3.05) is 0 Å². The molecule has 1 aromatic heterocycles. The Morgan fingerprint density at radius 3 is 2.60 bits per heavy atom. The molecule has 0 fully saturated rings. The van der Waals surface area contributed by atoms with Crippen molar-refractivity contribution in [2.24, 2.45) is 0 Å². The highest BCUT2D eigenvalue weighted by Crippen LogP contribution is 2.28. The highest BCUT2D eigenvalue weighted by molar-refractivity contribution is 5.99. The molecule has 0 aliphatic rings. The molecular formula is C16H13NO3. The molecule has 0 amide bonds. The van der Waals surface area contributed by atoms with E-state index in [1.54, 1.807) is 12.1 Å². The SMILES string of the molecule is CC(c1ccccc1)c1nc2cccc(C(=O)O)c2o1. The number of rotatable bonds is 3. The molecule has 4 heteroatoms. The first-order valence-corrected chi connectivity index (χ1v) is 6.34. The molecule has 1 heterocycles. The Morgan fingerprint density at radius 2 is 1.90 bits per heavy atom. The van der Waals surface area contributed by atoms with E-state index in [1.165, 1.54) is 6.07 Å². The number of para-hydroxylation sites is 1. The van der Waals surface area contributed by atoms with Crippen molar-refractivity contribution in [1.29, 1.82) is 0 Å². The Labute approximate surface area is 115 Å². The normalized spacial score (nSPS) is 12.4. The van der Waals surface area contributed by atoms with Crippen LogP contribution in [0, 0.1) is 0 Å². The van der Waals surface area contributed by atoms with Crippen molar-refractivity contribution >= 4 is 17.1 Å². The highest BCUT2D eigenvalue weighted by atomic mass is 16.4. The molecule has 0 saturated heterocycles. The minimum Gasteiger partial charge on any atom is -0.478 e. The van der Waals surface area contributed by atoms with E-state index in [0.717, 1.165) is 5.56 Å². The molecule has 3 aromatic rings. The lowest BCUT2D eigenvalue weighted by Crippen LogP contribution is -1.96. The van der Waals surface area contributed by atoms with Crippen LogP contribution in [0.5, 0.6) is 0 Å². The predicted octanol–water partition coefficient (Wildman–Crippen LogP) is 3.68. The molecule has 0 aliphatic carbocycles. The van der Waals surface area contributed by atoms with Gasteiger partial charge in [-0.3, -0.25) is 0 Å². The Bertz CT molecular complexity index is 762. The van der Waals surface area contributed by atoms with E-state index in [9.17, 15) is 4.79 Å². The summed E-state index contributed by atoms with van der Waals surface area (Å²) >= 11 is 0. The van der Waals surface area contributed by atoms with Gasteiger partial charge in [-0.15, -0.1) is 0 Å². The first kappa shape index (κ1) is 12.4. The summed E-state index contributed by atoms with van der Waals surface area (Å²) in [6.45, 7) is 1.99. The summed E-state index contributed by atoms with van der Waals surface area (Å²) < 4.78 is 5.68. The van der Waals surface area contributed by atoms with Gasteiger partial charge in [0, 0.05) is 0 Å². The minimum absolute atomic E-state index is 0.0229. The van der Waals surface area contributed by atoms with Gasteiger partial charge < -0.3 is 9.52 Å². The second kappa shape index (κ2) is 4.81. The van der Waals surface area contributed by atoms with E-state index in [2.05, 4.69) is 4.98 Å². The summed E-state index contributed by atoms with van der Waals surface area (Å²) in [6, 6.07) is 14.8. The lowest BCUT2D eigenvalue weighted by atomic mass is 10.0. The van der Waals surface area contributed by atoms with Crippen LogP contribution in [0.3, 0.4) is 0 Å². The molecule has 1 unspecified atom stereocenters. The fourth-order valence-corrected chi connectivity index (χ4v) is 2.20. The quantitative estimate of drug-likeness (QED) is 0.786. The average molecular weight is 267 g/mol. The third-order valence-corrected chi connectivity index (χ3v) is 3.33. The van der Waals surface area contributed by atoms with Gasteiger partial charge in [0.15, 0.2) is 5.58 Å². The van der Waals surface area contributed by atoms with Crippen LogP contribution >= 0.6 is 0 Å². The molecule has 1 N–H and O–H groups in total. The first-order valence-electron chi connectivity index (χ1n) is 6.34. The van der Waals surface area contributed by atoms with Gasteiger partial charge in [0.1, 0.15) is 11.1 Å². The lowest BCUT2D eigenvalue weighted by molar-refractivity contribution is 0.0698. The molecule has 0 radical (unpaired) electrons. The Balaban J connectivity index is 2.10. The lowest BCUT2D eigenvalue weighted by Gasteiger charge is -2.06. The van der Waals surface area contributed by atoms with Gasteiger partial charge >= 0.3 is 5.97 Å². The number of fused-ring (bicyclic) bond motifs is 1. The first-order chi connectivity index (χ1) is 9.66. The van der Waals surface area contributed by atoms with Crippen molar-refractivity contribution in [3.05, 3.63) is 65.5 Å². The predicted molar refractivity (Wildman–Crippen MR) is 74.9 cm³/mol. The summed E-state index contributed by atoms with van der Waals surface area (Å²) in [5.41, 5.74) is 2.12. The van der Waals surface area contributed by atoms with Crippen molar-refractivity contribution in [2.45, 2.75) is 12.8 Å². The number of benzene rings is 2. The van der Waals surface area contributed by atoms with Gasteiger partial charge in [-0.2, -0.15) is 0 Å². The third-order valence-electron chi connectivity index (χ3n) is 3.33. The van der Waals surface area contributed by atoms with Crippen LogP contribution in [-0.2, 0) is 0 Å². The van der Waals surface area contributed by atoms with Crippen LogP contribution < -0.4 is 0 Å². The fourth-order valence-electron chi connectivity index (χ4n) is 2.20. The van der Waals surface area contributed by atoms with E-state index in [-0.39, 0.29) is 11.5 Å². The largest absolute Gasteiger partial charge is 0.478 e. The van der Waals surface area contributed by atoms with Crippen LogP contribution in [-0.4, -0.2) is 16.1 Å². The second-order valence-corrected chi connectivity index (χ2v) is 4.64. The number of oxazole rings is 1. The van der Waals surface area contributed by atoms with Gasteiger partial charge in [0.05, 0.1) is 5.92 Å². The molecule has 20 heavy (non-hydrogen) atoms. The number of carboxylic acid groups (broad SMARTS) is 1. The van der Waals surface area contributed by atoms with Crippen molar-refractivity contribution in [1.82, 2.24) is 4.98 Å². The van der Waals surface area contributed by atoms with E-state index in [4.69, 9.17) is 9.52 Å². The van der Waals surface area contributed by atoms with Gasteiger partial charge in [-0.05, 0) is 24.6 Å². The van der Waals surface area contributed by atoms with Crippen LogP contribution in [0.15, 0.2) is 52.9 Å². The Hall–Kier alpha value is -2.62. The van der Waals surface area contributed by atoms with Crippen molar-refractivity contribution in [3.63, 3.8) is 0 Å². The summed E-state index contributed by atoms with van der Waals surface area (Å²) in [4.78, 5) is 15.6. The van der Waals surface area contributed by atoms with Gasteiger partial charge in [-0.1, -0.05) is 36.4 Å². The number of nitrogens with zero attached hydrogens (tertiary/aromatic N) is 1. The summed E-state index contributed by atoms with van der Waals surface area (Å²) in [7, 11) is 0. The van der Waals surface area contributed by atoms with Gasteiger partial charge in [0.25, 0.3) is 0 Å². The molecular weight excluding hydrogens is 254 g/mol. The maximum Gasteiger partial charge on any atom is 0.339 e. The van der Waals surface area contributed by atoms with Crippen LogP contribution in [0.4, 0.5) is 0 Å². The molecule has 0 saturated carbocycles. The van der Waals surface area contributed by atoms with Crippen molar-refractivity contribution in [3.8, 4) is 0 Å². The summed E-state index contributed by atoms with van der Waals surface area (Å²) in [5.74, 6) is -0.504. The monoisotopic (exact) mass is 267 g/mol. The number of aromatic nitrogens is 1. The van der Waals surface area contributed by atoms with Crippen LogP contribution in [0.1, 0.15) is 34.7 Å². The van der Waals surface area contributed by atoms with Crippen LogP contribution in [0.2, 0.25) is 0 Å². The molecule has 0 aliphatic heterocycles. The fraction of sp³-hybridized carbons (Fsp3) is 0.125. The molecule has 100 valence electrons. The standard InChI is InChI=1S/C16H13NO3/c1-10(11-6-3-2-4-7-11)15-17-13-9-5-8-12(16(18)19)14(13)20-15/h2-10H,1H3,(H,18,19). The zero-order valence-corrected chi connectivity index (χ0v) is 10.9. The number of carbonyl (C=O) groups is 1. The molecule has 1 atom stereocenters. The second-order valence-electron chi connectivity index (χ2n) is 4.64. The van der Waals surface area contributed by atoms with Crippen molar-refractivity contribution < 1.29 is 14.3 Å². The molecule has 3 rings (SSSR count). The number of hydrogen-bond donors (Lipinski definition) is 1. The van der Waals surface area contributed by atoms with Gasteiger partial charge in [0.2, 0.25) is 5.89 Å². The van der Waals surface area contributed by atoms with Gasteiger partial charge in [-0.25, -0.2) is 9.78 Å². The molecule has 2 aromatic carbocycles. The Morgan fingerprint density at radius 1 is 1.15 bits per heavy atom. The van der Waals surface area contributed by atoms with E-state index < -0.39 is 5.97 Å². The zero-order chi connectivity index (χ0) is 14.1. The average Bonchev–Trinajstić information content (AvgIpc) is 2.90. The summed E-state index contributed by atoms with van der Waals surface area (Å²) in [5, 5.41) is 9.16. The van der Waals surface area contributed by atoms with E-state index in [0.29, 0.717) is 17.0 Å². The Kier molecular flexibility index (Phi) is 2.99. The highest BCUT2D eigenvalue weighted by Gasteiger charge is 2.18. The third kappa shape index (κ3) is 2.05.